The van der Waals surface area contributed by atoms with Crippen LogP contribution in [-0.4, -0.2) is 59.5 Å². The molecular formula is C17H23ClN2O3. The van der Waals surface area contributed by atoms with Crippen molar-refractivity contribution in [1.29, 1.82) is 0 Å². The molecule has 1 aliphatic rings. The lowest BCUT2D eigenvalue weighted by atomic mass is 9.97. The largest absolute Gasteiger partial charge is 0.480 e. The number of carbonyl (C=O) groups is 2. The molecule has 0 radical (unpaired) electrons. The van der Waals surface area contributed by atoms with Crippen LogP contribution in [0.2, 0.25) is 5.02 Å². The lowest BCUT2D eigenvalue weighted by Gasteiger charge is -2.37. The number of aliphatic carboxylic acids is 1. The van der Waals surface area contributed by atoms with Gasteiger partial charge in [0.05, 0.1) is 12.5 Å². The second-order valence-electron chi connectivity index (χ2n) is 6.14. The molecule has 0 bridgehead atoms. The number of carbonyl (C=O) groups excluding carboxylic acids is 1. The fourth-order valence-corrected chi connectivity index (χ4v) is 3.26. The normalized spacial score (nSPS) is 17.3. The lowest BCUT2D eigenvalue weighted by Crippen LogP contribution is -2.47. The van der Waals surface area contributed by atoms with E-state index in [4.69, 9.17) is 16.7 Å². The molecule has 1 aromatic rings. The molecule has 1 heterocycles. The van der Waals surface area contributed by atoms with E-state index in [1.54, 1.807) is 6.07 Å². The van der Waals surface area contributed by atoms with Crippen LogP contribution in [0.5, 0.6) is 0 Å². The molecule has 1 fully saturated rings. The summed E-state index contributed by atoms with van der Waals surface area (Å²) in [7, 11) is 1.82. The number of carboxylic acid groups (broad SMARTS) is 1. The highest BCUT2D eigenvalue weighted by Gasteiger charge is 2.28. The van der Waals surface area contributed by atoms with Gasteiger partial charge in [0.15, 0.2) is 0 Å². The van der Waals surface area contributed by atoms with Gasteiger partial charge in [-0.05, 0) is 44.5 Å². The number of likely N-dealkylation sites (N-methyl/N-ethyl adjacent to an activating group) is 1. The molecule has 126 valence electrons. The first-order valence-corrected chi connectivity index (χ1v) is 8.22. The van der Waals surface area contributed by atoms with Crippen LogP contribution in [0.4, 0.5) is 0 Å². The second-order valence-corrected chi connectivity index (χ2v) is 6.58. The molecule has 0 spiro atoms. The number of benzene rings is 1. The Kier molecular flexibility index (Phi) is 6.02. The number of hydrogen-bond donors (Lipinski definition) is 1. The SMILES string of the molecule is CC(C(=O)N1CCC(N(C)CC(=O)O)CC1)c1cccc(Cl)c1. The Bertz CT molecular complexity index is 571. The van der Waals surface area contributed by atoms with Crippen molar-refractivity contribution >= 4 is 23.5 Å². The summed E-state index contributed by atoms with van der Waals surface area (Å²) >= 11 is 6.00. The third-order valence-corrected chi connectivity index (χ3v) is 4.74. The van der Waals surface area contributed by atoms with Crippen LogP contribution in [0, 0.1) is 0 Å². The molecule has 1 atom stereocenters. The molecule has 1 N–H and O–H groups in total. The van der Waals surface area contributed by atoms with E-state index in [0.29, 0.717) is 18.1 Å². The van der Waals surface area contributed by atoms with E-state index < -0.39 is 5.97 Å². The van der Waals surface area contributed by atoms with Gasteiger partial charge in [0.2, 0.25) is 5.91 Å². The Morgan fingerprint density at radius 1 is 1.39 bits per heavy atom. The average molecular weight is 339 g/mol. The number of likely N-dealkylation sites (tertiary alicyclic amines) is 1. The fourth-order valence-electron chi connectivity index (χ4n) is 3.06. The Labute approximate surface area is 141 Å². The minimum absolute atomic E-state index is 0.0392. The topological polar surface area (TPSA) is 60.9 Å². The molecule has 1 unspecified atom stereocenters. The highest BCUT2D eigenvalue weighted by Crippen LogP contribution is 2.24. The maximum Gasteiger partial charge on any atom is 0.317 e. The quantitative estimate of drug-likeness (QED) is 0.895. The van der Waals surface area contributed by atoms with Crippen LogP contribution < -0.4 is 0 Å². The zero-order chi connectivity index (χ0) is 17.0. The third kappa shape index (κ3) is 4.69. The van der Waals surface area contributed by atoms with E-state index in [1.165, 1.54) is 0 Å². The second kappa shape index (κ2) is 7.79. The predicted molar refractivity (Wildman–Crippen MR) is 89.7 cm³/mol. The molecular weight excluding hydrogens is 316 g/mol. The summed E-state index contributed by atoms with van der Waals surface area (Å²) in [5.74, 6) is -0.936. The fraction of sp³-hybridized carbons (Fsp3) is 0.529. The summed E-state index contributed by atoms with van der Waals surface area (Å²) in [4.78, 5) is 27.1. The first kappa shape index (κ1) is 17.8. The number of halogens is 1. The molecule has 0 aromatic heterocycles. The molecule has 1 aliphatic heterocycles. The Morgan fingerprint density at radius 2 is 2.04 bits per heavy atom. The van der Waals surface area contributed by atoms with Crippen LogP contribution in [0.25, 0.3) is 0 Å². The maximum absolute atomic E-state index is 12.6. The van der Waals surface area contributed by atoms with Gasteiger partial charge in [0.25, 0.3) is 0 Å². The highest BCUT2D eigenvalue weighted by molar-refractivity contribution is 6.30. The first-order chi connectivity index (χ1) is 10.9. The Morgan fingerprint density at radius 3 is 2.61 bits per heavy atom. The number of nitrogens with zero attached hydrogens (tertiary/aromatic N) is 2. The van der Waals surface area contributed by atoms with Gasteiger partial charge in [0.1, 0.15) is 0 Å². The summed E-state index contributed by atoms with van der Waals surface area (Å²) in [5, 5.41) is 9.49. The van der Waals surface area contributed by atoms with Crippen LogP contribution in [0.15, 0.2) is 24.3 Å². The van der Waals surface area contributed by atoms with Crippen molar-refractivity contribution in [2.24, 2.45) is 0 Å². The number of rotatable bonds is 5. The van der Waals surface area contributed by atoms with Crippen molar-refractivity contribution in [2.75, 3.05) is 26.7 Å². The summed E-state index contributed by atoms with van der Waals surface area (Å²) in [6.07, 6.45) is 1.61. The predicted octanol–water partition coefficient (Wildman–Crippen LogP) is 2.45. The minimum Gasteiger partial charge on any atom is -0.480 e. The highest BCUT2D eigenvalue weighted by atomic mass is 35.5. The molecule has 0 saturated carbocycles. The van der Waals surface area contributed by atoms with Crippen molar-refractivity contribution in [2.45, 2.75) is 31.7 Å². The smallest absolute Gasteiger partial charge is 0.317 e. The van der Waals surface area contributed by atoms with Gasteiger partial charge in [-0.15, -0.1) is 0 Å². The van der Waals surface area contributed by atoms with Crippen LogP contribution >= 0.6 is 11.6 Å². The van der Waals surface area contributed by atoms with Gasteiger partial charge in [-0.3, -0.25) is 14.5 Å². The molecule has 1 aromatic carbocycles. The maximum atomic E-state index is 12.6. The number of amides is 1. The minimum atomic E-state index is -0.819. The zero-order valence-corrected chi connectivity index (χ0v) is 14.3. The van der Waals surface area contributed by atoms with Crippen LogP contribution in [0.1, 0.15) is 31.2 Å². The Balaban J connectivity index is 1.91. The van der Waals surface area contributed by atoms with Gasteiger partial charge in [0, 0.05) is 24.2 Å². The van der Waals surface area contributed by atoms with Gasteiger partial charge in [-0.25, -0.2) is 0 Å². The van der Waals surface area contributed by atoms with Crippen LogP contribution in [-0.2, 0) is 9.59 Å². The monoisotopic (exact) mass is 338 g/mol. The van der Waals surface area contributed by atoms with E-state index in [1.807, 2.05) is 42.0 Å². The lowest BCUT2D eigenvalue weighted by molar-refractivity contribution is -0.140. The van der Waals surface area contributed by atoms with Crippen LogP contribution in [0.3, 0.4) is 0 Å². The number of piperidine rings is 1. The van der Waals surface area contributed by atoms with Gasteiger partial charge >= 0.3 is 5.97 Å². The molecule has 23 heavy (non-hydrogen) atoms. The van der Waals surface area contributed by atoms with E-state index in [2.05, 4.69) is 0 Å². The molecule has 1 amide bonds. The molecule has 0 aliphatic carbocycles. The van der Waals surface area contributed by atoms with Gasteiger partial charge < -0.3 is 10.0 Å². The summed E-state index contributed by atoms with van der Waals surface area (Å²) < 4.78 is 0. The van der Waals surface area contributed by atoms with Crippen molar-refractivity contribution in [3.05, 3.63) is 34.9 Å². The summed E-state index contributed by atoms with van der Waals surface area (Å²) in [6, 6.07) is 7.62. The molecule has 5 nitrogen and oxygen atoms in total. The van der Waals surface area contributed by atoms with Crippen molar-refractivity contribution < 1.29 is 14.7 Å². The number of carboxylic acids is 1. The zero-order valence-electron chi connectivity index (χ0n) is 13.5. The van der Waals surface area contributed by atoms with E-state index in [9.17, 15) is 9.59 Å². The van der Waals surface area contributed by atoms with Gasteiger partial charge in [-0.2, -0.15) is 0 Å². The summed E-state index contributed by atoms with van der Waals surface area (Å²) in [5.41, 5.74) is 0.924. The van der Waals surface area contributed by atoms with Crippen molar-refractivity contribution in [3.8, 4) is 0 Å². The third-order valence-electron chi connectivity index (χ3n) is 4.50. The molecule has 2 rings (SSSR count). The summed E-state index contributed by atoms with van der Waals surface area (Å²) in [6.45, 7) is 3.27. The van der Waals surface area contributed by atoms with E-state index in [0.717, 1.165) is 18.4 Å². The number of hydrogen-bond acceptors (Lipinski definition) is 3. The Hall–Kier alpha value is -1.59. The van der Waals surface area contributed by atoms with Crippen molar-refractivity contribution in [3.63, 3.8) is 0 Å². The average Bonchev–Trinajstić information content (AvgIpc) is 2.53. The van der Waals surface area contributed by atoms with Gasteiger partial charge in [-0.1, -0.05) is 23.7 Å². The van der Waals surface area contributed by atoms with Crippen molar-refractivity contribution in [1.82, 2.24) is 9.80 Å². The first-order valence-electron chi connectivity index (χ1n) is 7.84. The van der Waals surface area contributed by atoms with E-state index >= 15 is 0 Å². The molecule has 6 heteroatoms. The molecule has 1 saturated heterocycles. The van der Waals surface area contributed by atoms with E-state index in [-0.39, 0.29) is 24.4 Å². The standard InChI is InChI=1S/C17H23ClN2O3/c1-12(13-4-3-5-14(18)10-13)17(23)20-8-6-15(7-9-20)19(2)11-16(21)22/h3-5,10,12,15H,6-9,11H2,1-2H3,(H,21,22).